The van der Waals surface area contributed by atoms with E-state index in [4.69, 9.17) is 16.3 Å². The third-order valence-electron chi connectivity index (χ3n) is 3.67. The predicted octanol–water partition coefficient (Wildman–Crippen LogP) is 3.08. The molecule has 1 N–H and O–H groups in total. The average Bonchev–Trinajstić information content (AvgIpc) is 2.51. The number of hydrogen-bond donors (Lipinski definition) is 1. The van der Waals surface area contributed by atoms with Crippen molar-refractivity contribution in [2.24, 2.45) is 5.92 Å². The van der Waals surface area contributed by atoms with Crippen LogP contribution in [-0.4, -0.2) is 18.4 Å². The number of benzene rings is 1. The van der Waals surface area contributed by atoms with Gasteiger partial charge in [-0.1, -0.05) is 43.0 Å². The molecule has 1 amide bonds. The van der Waals surface area contributed by atoms with Gasteiger partial charge in [0.2, 0.25) is 5.91 Å². The summed E-state index contributed by atoms with van der Waals surface area (Å²) in [6.07, 6.45) is 5.23. The lowest BCUT2D eigenvalue weighted by atomic mass is 9.89. The van der Waals surface area contributed by atoms with Crippen molar-refractivity contribution >= 4 is 23.5 Å². The molecule has 114 valence electrons. The Morgan fingerprint density at radius 2 is 2.00 bits per heavy atom. The summed E-state index contributed by atoms with van der Waals surface area (Å²) >= 11 is 5.85. The van der Waals surface area contributed by atoms with Crippen molar-refractivity contribution in [2.45, 2.75) is 38.7 Å². The SMILES string of the molecule is O=C(CNC(=O)C1CCCCC1)OCc1cccc(Cl)c1. The topological polar surface area (TPSA) is 55.4 Å². The lowest BCUT2D eigenvalue weighted by Gasteiger charge is -2.20. The van der Waals surface area contributed by atoms with Crippen LogP contribution in [0.5, 0.6) is 0 Å². The molecule has 21 heavy (non-hydrogen) atoms. The summed E-state index contributed by atoms with van der Waals surface area (Å²) in [4.78, 5) is 23.5. The lowest BCUT2D eigenvalue weighted by molar-refractivity contribution is -0.145. The summed E-state index contributed by atoms with van der Waals surface area (Å²) in [7, 11) is 0. The monoisotopic (exact) mass is 309 g/mol. The zero-order valence-electron chi connectivity index (χ0n) is 11.9. The van der Waals surface area contributed by atoms with Gasteiger partial charge in [0, 0.05) is 10.9 Å². The van der Waals surface area contributed by atoms with Crippen molar-refractivity contribution in [3.05, 3.63) is 34.9 Å². The highest BCUT2D eigenvalue weighted by molar-refractivity contribution is 6.30. The number of ether oxygens (including phenoxy) is 1. The van der Waals surface area contributed by atoms with Crippen LogP contribution >= 0.6 is 11.6 Å². The zero-order chi connectivity index (χ0) is 15.1. The summed E-state index contributed by atoms with van der Waals surface area (Å²) in [5, 5.41) is 3.27. The number of amides is 1. The van der Waals surface area contributed by atoms with Gasteiger partial charge in [0.15, 0.2) is 0 Å². The summed E-state index contributed by atoms with van der Waals surface area (Å²) in [6.45, 7) is 0.0919. The smallest absolute Gasteiger partial charge is 0.325 e. The second-order valence-corrected chi connectivity index (χ2v) is 5.78. The van der Waals surface area contributed by atoms with Crippen molar-refractivity contribution in [1.82, 2.24) is 5.32 Å². The van der Waals surface area contributed by atoms with Gasteiger partial charge in [0.25, 0.3) is 0 Å². The molecule has 0 atom stereocenters. The molecule has 0 aliphatic heterocycles. The molecule has 0 bridgehead atoms. The number of carbonyl (C=O) groups is 2. The molecular weight excluding hydrogens is 290 g/mol. The Balaban J connectivity index is 1.68. The summed E-state index contributed by atoms with van der Waals surface area (Å²) in [6, 6.07) is 7.14. The molecular formula is C16H20ClNO3. The van der Waals surface area contributed by atoms with Crippen LogP contribution in [-0.2, 0) is 20.9 Å². The second kappa shape index (κ2) is 8.03. The quantitative estimate of drug-likeness (QED) is 0.850. The Labute approximate surface area is 129 Å². The predicted molar refractivity (Wildman–Crippen MR) is 80.8 cm³/mol. The first-order chi connectivity index (χ1) is 10.1. The largest absolute Gasteiger partial charge is 0.460 e. The molecule has 0 saturated heterocycles. The van der Waals surface area contributed by atoms with E-state index in [2.05, 4.69) is 5.32 Å². The van der Waals surface area contributed by atoms with E-state index in [-0.39, 0.29) is 25.0 Å². The molecule has 0 radical (unpaired) electrons. The van der Waals surface area contributed by atoms with Gasteiger partial charge in [-0.2, -0.15) is 0 Å². The first kappa shape index (κ1) is 15.8. The summed E-state index contributed by atoms with van der Waals surface area (Å²) < 4.78 is 5.11. The van der Waals surface area contributed by atoms with E-state index in [1.165, 1.54) is 6.42 Å². The minimum atomic E-state index is -0.431. The first-order valence-corrected chi connectivity index (χ1v) is 7.71. The van der Waals surface area contributed by atoms with Gasteiger partial charge in [0.05, 0.1) is 0 Å². The number of rotatable bonds is 5. The third kappa shape index (κ3) is 5.38. The van der Waals surface area contributed by atoms with Crippen molar-refractivity contribution in [3.63, 3.8) is 0 Å². The van der Waals surface area contributed by atoms with E-state index < -0.39 is 5.97 Å². The molecule has 0 unspecified atom stereocenters. The lowest BCUT2D eigenvalue weighted by Crippen LogP contribution is -2.36. The maximum absolute atomic E-state index is 11.9. The molecule has 0 heterocycles. The Hall–Kier alpha value is -1.55. The van der Waals surface area contributed by atoms with E-state index in [0.717, 1.165) is 31.2 Å². The normalized spacial score (nSPS) is 15.5. The van der Waals surface area contributed by atoms with E-state index in [1.54, 1.807) is 18.2 Å². The van der Waals surface area contributed by atoms with Crippen LogP contribution in [0, 0.1) is 5.92 Å². The molecule has 1 fully saturated rings. The van der Waals surface area contributed by atoms with E-state index in [1.807, 2.05) is 6.07 Å². The standard InChI is InChI=1S/C16H20ClNO3/c17-14-8-4-5-12(9-14)11-21-15(19)10-18-16(20)13-6-2-1-3-7-13/h4-5,8-9,13H,1-3,6-7,10-11H2,(H,18,20). The third-order valence-corrected chi connectivity index (χ3v) is 3.91. The van der Waals surface area contributed by atoms with Gasteiger partial charge in [-0.3, -0.25) is 9.59 Å². The second-order valence-electron chi connectivity index (χ2n) is 5.34. The van der Waals surface area contributed by atoms with Crippen molar-refractivity contribution in [3.8, 4) is 0 Å². The van der Waals surface area contributed by atoms with Gasteiger partial charge in [-0.25, -0.2) is 0 Å². The number of halogens is 1. The summed E-state index contributed by atoms with van der Waals surface area (Å²) in [5.74, 6) is -0.409. The minimum Gasteiger partial charge on any atom is -0.460 e. The van der Waals surface area contributed by atoms with Crippen molar-refractivity contribution in [2.75, 3.05) is 6.54 Å². The van der Waals surface area contributed by atoms with Crippen LogP contribution in [0.2, 0.25) is 5.02 Å². The molecule has 1 saturated carbocycles. The molecule has 1 aromatic rings. The van der Waals surface area contributed by atoms with Crippen LogP contribution in [0.4, 0.5) is 0 Å². The Morgan fingerprint density at radius 3 is 2.71 bits per heavy atom. The van der Waals surface area contributed by atoms with E-state index in [0.29, 0.717) is 5.02 Å². The van der Waals surface area contributed by atoms with Crippen LogP contribution in [0.3, 0.4) is 0 Å². The van der Waals surface area contributed by atoms with Crippen molar-refractivity contribution < 1.29 is 14.3 Å². The van der Waals surface area contributed by atoms with E-state index in [9.17, 15) is 9.59 Å². The van der Waals surface area contributed by atoms with Gasteiger partial charge >= 0.3 is 5.97 Å². The zero-order valence-corrected chi connectivity index (χ0v) is 12.7. The molecule has 2 rings (SSSR count). The number of nitrogens with one attached hydrogen (secondary N) is 1. The molecule has 1 aromatic carbocycles. The Morgan fingerprint density at radius 1 is 1.24 bits per heavy atom. The maximum atomic E-state index is 11.9. The molecule has 1 aliphatic rings. The number of hydrogen-bond acceptors (Lipinski definition) is 3. The first-order valence-electron chi connectivity index (χ1n) is 7.33. The fourth-order valence-electron chi connectivity index (χ4n) is 2.51. The molecule has 5 heteroatoms. The number of carbonyl (C=O) groups excluding carboxylic acids is 2. The van der Waals surface area contributed by atoms with Crippen LogP contribution in [0.15, 0.2) is 24.3 Å². The molecule has 0 spiro atoms. The van der Waals surface area contributed by atoms with Gasteiger partial charge in [0.1, 0.15) is 13.2 Å². The molecule has 0 aromatic heterocycles. The van der Waals surface area contributed by atoms with Gasteiger partial charge in [-0.15, -0.1) is 0 Å². The van der Waals surface area contributed by atoms with Crippen LogP contribution in [0.25, 0.3) is 0 Å². The fraction of sp³-hybridized carbons (Fsp3) is 0.500. The average molecular weight is 310 g/mol. The summed E-state index contributed by atoms with van der Waals surface area (Å²) in [5.41, 5.74) is 0.828. The van der Waals surface area contributed by atoms with E-state index >= 15 is 0 Å². The number of esters is 1. The highest BCUT2D eigenvalue weighted by Crippen LogP contribution is 2.23. The van der Waals surface area contributed by atoms with Crippen LogP contribution in [0.1, 0.15) is 37.7 Å². The molecule has 1 aliphatic carbocycles. The maximum Gasteiger partial charge on any atom is 0.325 e. The minimum absolute atomic E-state index is 0.0330. The van der Waals surface area contributed by atoms with Gasteiger partial charge < -0.3 is 10.1 Å². The highest BCUT2D eigenvalue weighted by Gasteiger charge is 2.21. The van der Waals surface area contributed by atoms with Crippen LogP contribution < -0.4 is 5.32 Å². The Bertz CT molecular complexity index is 498. The highest BCUT2D eigenvalue weighted by atomic mass is 35.5. The fourth-order valence-corrected chi connectivity index (χ4v) is 2.72. The van der Waals surface area contributed by atoms with Gasteiger partial charge in [-0.05, 0) is 30.5 Å². The van der Waals surface area contributed by atoms with Crippen molar-refractivity contribution in [1.29, 1.82) is 0 Å². The molecule has 4 nitrogen and oxygen atoms in total. The Kier molecular flexibility index (Phi) is 6.05.